The van der Waals surface area contributed by atoms with Crippen LogP contribution in [-0.4, -0.2) is 42.3 Å². The molecule has 6 heteroatoms. The largest absolute Gasteiger partial charge is 0.493 e. The summed E-state index contributed by atoms with van der Waals surface area (Å²) in [6.07, 6.45) is 4.62. The predicted octanol–water partition coefficient (Wildman–Crippen LogP) is 3.74. The molecule has 0 amide bonds. The number of ether oxygens (including phenoxy) is 2. The fourth-order valence-corrected chi connectivity index (χ4v) is 3.72. The minimum Gasteiger partial charge on any atom is -0.493 e. The van der Waals surface area contributed by atoms with Crippen molar-refractivity contribution in [1.82, 2.24) is 15.0 Å². The quantitative estimate of drug-likeness (QED) is 0.663. The van der Waals surface area contributed by atoms with Crippen molar-refractivity contribution in [2.45, 2.75) is 18.9 Å². The highest BCUT2D eigenvalue weighted by molar-refractivity contribution is 5.57. The molecule has 140 valence electrons. The first kappa shape index (κ1) is 17.5. The zero-order valence-corrected chi connectivity index (χ0v) is 15.6. The van der Waals surface area contributed by atoms with Crippen molar-refractivity contribution in [2.24, 2.45) is 0 Å². The number of hydrogen-bond acceptors (Lipinski definition) is 6. The number of likely N-dealkylation sites (tertiary alicyclic amines) is 1. The molecule has 6 nitrogen and oxygen atoms in total. The van der Waals surface area contributed by atoms with Crippen LogP contribution in [0, 0.1) is 0 Å². The van der Waals surface area contributed by atoms with Gasteiger partial charge in [-0.25, -0.2) is 0 Å². The molecular formula is C21H23N3O3. The Labute approximate surface area is 158 Å². The van der Waals surface area contributed by atoms with Gasteiger partial charge in [0.05, 0.1) is 20.8 Å². The van der Waals surface area contributed by atoms with E-state index in [0.29, 0.717) is 5.92 Å². The van der Waals surface area contributed by atoms with Gasteiger partial charge in [-0.15, -0.1) is 0 Å². The molecule has 1 unspecified atom stereocenters. The number of methoxy groups -OCH3 is 2. The summed E-state index contributed by atoms with van der Waals surface area (Å²) in [6, 6.07) is 12.0. The predicted molar refractivity (Wildman–Crippen MR) is 102 cm³/mol. The number of aromatic nitrogens is 2. The average molecular weight is 365 g/mol. The van der Waals surface area contributed by atoms with Crippen LogP contribution in [0.25, 0.3) is 11.3 Å². The van der Waals surface area contributed by atoms with Crippen molar-refractivity contribution in [1.29, 1.82) is 0 Å². The third-order valence-electron chi connectivity index (χ3n) is 5.04. The maximum absolute atomic E-state index is 5.61. The molecule has 1 aliphatic heterocycles. The van der Waals surface area contributed by atoms with Gasteiger partial charge in [-0.1, -0.05) is 17.3 Å². The highest BCUT2D eigenvalue weighted by Gasteiger charge is 2.28. The van der Waals surface area contributed by atoms with E-state index in [1.807, 2.05) is 30.3 Å². The molecule has 0 spiro atoms. The third-order valence-corrected chi connectivity index (χ3v) is 5.04. The SMILES string of the molecule is COc1cccc(C2CCN(Cc3cc(-c4cccnc4)no3)C2)c1OC. The summed E-state index contributed by atoms with van der Waals surface area (Å²) >= 11 is 0. The van der Waals surface area contributed by atoms with E-state index in [2.05, 4.69) is 21.1 Å². The average Bonchev–Trinajstić information content (AvgIpc) is 3.38. The van der Waals surface area contributed by atoms with Crippen LogP contribution in [0.15, 0.2) is 53.3 Å². The molecule has 1 fully saturated rings. The first-order valence-electron chi connectivity index (χ1n) is 9.07. The highest BCUT2D eigenvalue weighted by atomic mass is 16.5. The molecule has 1 saturated heterocycles. The summed E-state index contributed by atoms with van der Waals surface area (Å²) in [5.74, 6) is 2.90. The molecule has 3 heterocycles. The van der Waals surface area contributed by atoms with Crippen LogP contribution < -0.4 is 9.47 Å². The number of rotatable bonds is 6. The van der Waals surface area contributed by atoms with E-state index in [-0.39, 0.29) is 0 Å². The van der Waals surface area contributed by atoms with Crippen LogP contribution in [0.2, 0.25) is 0 Å². The van der Waals surface area contributed by atoms with Crippen molar-refractivity contribution in [3.63, 3.8) is 0 Å². The molecule has 1 aliphatic rings. The van der Waals surface area contributed by atoms with Crippen LogP contribution in [0.4, 0.5) is 0 Å². The van der Waals surface area contributed by atoms with Crippen molar-refractivity contribution in [2.75, 3.05) is 27.3 Å². The van der Waals surface area contributed by atoms with E-state index in [9.17, 15) is 0 Å². The Hall–Kier alpha value is -2.86. The van der Waals surface area contributed by atoms with E-state index >= 15 is 0 Å². The fraction of sp³-hybridized carbons (Fsp3) is 0.333. The molecule has 27 heavy (non-hydrogen) atoms. The van der Waals surface area contributed by atoms with Gasteiger partial charge in [0.15, 0.2) is 17.3 Å². The van der Waals surface area contributed by atoms with Crippen LogP contribution >= 0.6 is 0 Å². The van der Waals surface area contributed by atoms with Gasteiger partial charge in [-0.05, 0) is 31.2 Å². The zero-order chi connectivity index (χ0) is 18.6. The summed E-state index contributed by atoms with van der Waals surface area (Å²) in [7, 11) is 3.37. The number of hydrogen-bond donors (Lipinski definition) is 0. The number of benzene rings is 1. The van der Waals surface area contributed by atoms with E-state index in [1.165, 1.54) is 5.56 Å². The number of pyridine rings is 1. The second-order valence-corrected chi connectivity index (χ2v) is 6.72. The molecule has 0 N–H and O–H groups in total. The molecule has 0 aliphatic carbocycles. The molecule has 1 aromatic carbocycles. The molecule has 2 aromatic heterocycles. The summed E-state index contributed by atoms with van der Waals surface area (Å²) in [4.78, 5) is 6.52. The Balaban J connectivity index is 1.44. The van der Waals surface area contributed by atoms with Crippen LogP contribution in [0.5, 0.6) is 11.5 Å². The molecule has 3 aromatic rings. The van der Waals surface area contributed by atoms with Gasteiger partial charge in [0.1, 0.15) is 5.69 Å². The van der Waals surface area contributed by atoms with Gasteiger partial charge in [0.2, 0.25) is 0 Å². The lowest BCUT2D eigenvalue weighted by Gasteiger charge is -2.18. The normalized spacial score (nSPS) is 17.2. The molecule has 4 rings (SSSR count). The number of para-hydroxylation sites is 1. The van der Waals surface area contributed by atoms with Crippen molar-refractivity contribution in [3.05, 3.63) is 60.1 Å². The Morgan fingerprint density at radius 2 is 2.11 bits per heavy atom. The van der Waals surface area contributed by atoms with Crippen molar-refractivity contribution in [3.8, 4) is 22.8 Å². The highest BCUT2D eigenvalue weighted by Crippen LogP contribution is 2.39. The van der Waals surface area contributed by atoms with Crippen molar-refractivity contribution < 1.29 is 14.0 Å². The molecule has 0 bridgehead atoms. The first-order valence-corrected chi connectivity index (χ1v) is 9.07. The Morgan fingerprint density at radius 3 is 2.89 bits per heavy atom. The topological polar surface area (TPSA) is 60.6 Å². The molecule has 1 atom stereocenters. The molecular weight excluding hydrogens is 342 g/mol. The summed E-state index contributed by atoms with van der Waals surface area (Å²) in [6.45, 7) is 2.70. The Bertz CT molecular complexity index is 895. The van der Waals surface area contributed by atoms with Gasteiger partial charge in [0, 0.05) is 42.0 Å². The summed E-state index contributed by atoms with van der Waals surface area (Å²) < 4.78 is 16.6. The zero-order valence-electron chi connectivity index (χ0n) is 15.6. The minimum atomic E-state index is 0.413. The maximum atomic E-state index is 5.61. The fourth-order valence-electron chi connectivity index (χ4n) is 3.72. The standard InChI is InChI=1S/C21H23N3O3/c1-25-20-7-3-6-18(21(20)26-2)16-8-10-24(13-16)14-17-11-19(23-27-17)15-5-4-9-22-12-15/h3-7,9,11-12,16H,8,10,13-14H2,1-2H3. The lowest BCUT2D eigenvalue weighted by Crippen LogP contribution is -2.19. The van der Waals surface area contributed by atoms with Gasteiger partial charge in [-0.3, -0.25) is 9.88 Å². The lowest BCUT2D eigenvalue weighted by molar-refractivity contribution is 0.271. The summed E-state index contributed by atoms with van der Waals surface area (Å²) in [5.41, 5.74) is 2.99. The van der Waals surface area contributed by atoms with E-state index in [4.69, 9.17) is 14.0 Å². The van der Waals surface area contributed by atoms with Gasteiger partial charge < -0.3 is 14.0 Å². The van der Waals surface area contributed by atoms with E-state index < -0.39 is 0 Å². The minimum absolute atomic E-state index is 0.413. The maximum Gasteiger partial charge on any atom is 0.164 e. The second-order valence-electron chi connectivity index (χ2n) is 6.72. The lowest BCUT2D eigenvalue weighted by atomic mass is 9.97. The monoisotopic (exact) mass is 365 g/mol. The van der Waals surface area contributed by atoms with Crippen LogP contribution in [-0.2, 0) is 6.54 Å². The van der Waals surface area contributed by atoms with Crippen LogP contribution in [0.3, 0.4) is 0 Å². The first-order chi connectivity index (χ1) is 13.3. The van der Waals surface area contributed by atoms with E-state index in [1.54, 1.807) is 26.6 Å². The Kier molecular flexibility index (Phi) is 5.07. The Morgan fingerprint density at radius 1 is 1.19 bits per heavy atom. The van der Waals surface area contributed by atoms with Gasteiger partial charge >= 0.3 is 0 Å². The second kappa shape index (κ2) is 7.80. The summed E-state index contributed by atoms with van der Waals surface area (Å²) in [5, 5.41) is 4.18. The van der Waals surface area contributed by atoms with Gasteiger partial charge in [0.25, 0.3) is 0 Å². The van der Waals surface area contributed by atoms with Crippen LogP contribution in [0.1, 0.15) is 23.7 Å². The van der Waals surface area contributed by atoms with Crippen molar-refractivity contribution >= 4 is 0 Å². The molecule has 0 saturated carbocycles. The third kappa shape index (κ3) is 3.66. The number of nitrogens with zero attached hydrogens (tertiary/aromatic N) is 3. The smallest absolute Gasteiger partial charge is 0.164 e. The van der Waals surface area contributed by atoms with E-state index in [0.717, 1.165) is 54.6 Å². The molecule has 0 radical (unpaired) electrons. The van der Waals surface area contributed by atoms with Gasteiger partial charge in [-0.2, -0.15) is 0 Å².